The molecule has 2 rings (SSSR count). The average molecular weight is 434 g/mol. The lowest BCUT2D eigenvalue weighted by Gasteiger charge is -2.24. The van der Waals surface area contributed by atoms with Gasteiger partial charge < -0.3 is 36.7 Å². The fraction of sp³-hybridized carbons (Fsp3) is 0.400. The molecule has 8 N–H and O–H groups in total. The van der Waals surface area contributed by atoms with Gasteiger partial charge in [-0.2, -0.15) is 0 Å². The molecule has 168 valence electrons. The molecule has 0 saturated heterocycles. The molecule has 11 heteroatoms. The number of para-hydroxylation sites is 1. The molecular formula is C20H26N4O7. The molecule has 0 saturated carbocycles. The molecule has 0 aliphatic rings. The molecule has 0 unspecified atom stereocenters. The number of aliphatic hydroxyl groups is 1. The third-order valence-electron chi connectivity index (χ3n) is 4.78. The monoisotopic (exact) mass is 434 g/mol. The van der Waals surface area contributed by atoms with Crippen LogP contribution in [-0.4, -0.2) is 68.3 Å². The number of aromatic nitrogens is 1. The Hall–Kier alpha value is -3.44. The summed E-state index contributed by atoms with van der Waals surface area (Å²) in [5.74, 6) is -4.31. The molecular weight excluding hydrogens is 408 g/mol. The Kier molecular flexibility index (Phi) is 8.11. The minimum Gasteiger partial charge on any atom is -0.481 e. The van der Waals surface area contributed by atoms with Crippen LogP contribution in [0.3, 0.4) is 0 Å². The maximum Gasteiger partial charge on any atom is 0.326 e. The fourth-order valence-electron chi connectivity index (χ4n) is 3.08. The fourth-order valence-corrected chi connectivity index (χ4v) is 3.08. The number of benzene rings is 1. The van der Waals surface area contributed by atoms with E-state index in [0.29, 0.717) is 0 Å². The number of nitrogens with two attached hydrogens (primary N) is 1. The molecule has 4 atom stereocenters. The van der Waals surface area contributed by atoms with Crippen LogP contribution >= 0.6 is 0 Å². The molecule has 0 aliphatic carbocycles. The molecule has 0 aliphatic heterocycles. The number of fused-ring (bicyclic) bond motifs is 1. The van der Waals surface area contributed by atoms with Crippen LogP contribution < -0.4 is 16.4 Å². The van der Waals surface area contributed by atoms with Gasteiger partial charge in [0.15, 0.2) is 0 Å². The number of rotatable bonds is 11. The lowest BCUT2D eigenvalue weighted by atomic mass is 10.0. The predicted octanol–water partition coefficient (Wildman–Crippen LogP) is -0.662. The summed E-state index contributed by atoms with van der Waals surface area (Å²) in [7, 11) is 0. The van der Waals surface area contributed by atoms with Crippen molar-refractivity contribution >= 4 is 34.7 Å². The third-order valence-corrected chi connectivity index (χ3v) is 4.78. The Balaban J connectivity index is 2.03. The van der Waals surface area contributed by atoms with Gasteiger partial charge in [-0.3, -0.25) is 14.4 Å². The van der Waals surface area contributed by atoms with Crippen LogP contribution in [0.4, 0.5) is 0 Å². The first kappa shape index (κ1) is 23.8. The van der Waals surface area contributed by atoms with E-state index in [1.807, 2.05) is 24.3 Å². The Bertz CT molecular complexity index is 956. The Morgan fingerprint density at radius 1 is 1.10 bits per heavy atom. The van der Waals surface area contributed by atoms with E-state index in [1.54, 1.807) is 6.20 Å². The number of aliphatic carboxylic acids is 2. The summed E-state index contributed by atoms with van der Waals surface area (Å²) in [6.07, 6.45) is -0.273. The minimum absolute atomic E-state index is 0.167. The number of amides is 2. The van der Waals surface area contributed by atoms with E-state index in [4.69, 9.17) is 10.8 Å². The molecule has 0 fully saturated rings. The van der Waals surface area contributed by atoms with Crippen LogP contribution in [0.2, 0.25) is 0 Å². The van der Waals surface area contributed by atoms with Crippen LogP contribution in [-0.2, 0) is 25.6 Å². The smallest absolute Gasteiger partial charge is 0.326 e. The van der Waals surface area contributed by atoms with Crippen LogP contribution in [0.5, 0.6) is 0 Å². The number of carboxylic acid groups (broad SMARTS) is 2. The van der Waals surface area contributed by atoms with Crippen LogP contribution in [0.15, 0.2) is 30.5 Å². The number of aliphatic hydroxyl groups excluding tert-OH is 1. The van der Waals surface area contributed by atoms with E-state index in [-0.39, 0.29) is 12.8 Å². The quantitative estimate of drug-likeness (QED) is 0.242. The highest BCUT2D eigenvalue weighted by molar-refractivity contribution is 5.92. The Labute approximate surface area is 177 Å². The van der Waals surface area contributed by atoms with Gasteiger partial charge in [0.25, 0.3) is 0 Å². The van der Waals surface area contributed by atoms with Crippen LogP contribution in [0.1, 0.15) is 25.3 Å². The van der Waals surface area contributed by atoms with E-state index in [1.165, 1.54) is 6.92 Å². The Morgan fingerprint density at radius 3 is 2.39 bits per heavy atom. The zero-order valence-electron chi connectivity index (χ0n) is 16.9. The van der Waals surface area contributed by atoms with Crippen molar-refractivity contribution in [2.75, 3.05) is 0 Å². The lowest BCUT2D eigenvalue weighted by Crippen LogP contribution is -2.58. The number of carbonyl (C=O) groups excluding carboxylic acids is 2. The summed E-state index contributed by atoms with van der Waals surface area (Å²) in [4.78, 5) is 50.0. The number of hydrogen-bond acceptors (Lipinski definition) is 6. The number of carbonyl (C=O) groups is 4. The molecule has 1 aromatic heterocycles. The molecule has 0 bridgehead atoms. The minimum atomic E-state index is -1.48. The second-order valence-electron chi connectivity index (χ2n) is 7.23. The van der Waals surface area contributed by atoms with Gasteiger partial charge in [0, 0.05) is 23.5 Å². The largest absolute Gasteiger partial charge is 0.481 e. The van der Waals surface area contributed by atoms with Gasteiger partial charge in [-0.15, -0.1) is 0 Å². The van der Waals surface area contributed by atoms with E-state index >= 15 is 0 Å². The number of aromatic amines is 1. The van der Waals surface area contributed by atoms with E-state index in [2.05, 4.69) is 15.6 Å². The summed E-state index contributed by atoms with van der Waals surface area (Å²) < 4.78 is 0. The molecule has 0 radical (unpaired) electrons. The first-order valence-electron chi connectivity index (χ1n) is 9.64. The number of carboxylic acids is 2. The van der Waals surface area contributed by atoms with Crippen molar-refractivity contribution < 1.29 is 34.5 Å². The summed E-state index contributed by atoms with van der Waals surface area (Å²) in [6, 6.07) is 3.48. The van der Waals surface area contributed by atoms with Crippen molar-refractivity contribution in [3.63, 3.8) is 0 Å². The lowest BCUT2D eigenvalue weighted by molar-refractivity contribution is -0.144. The zero-order valence-corrected chi connectivity index (χ0v) is 16.9. The topological polar surface area (TPSA) is 195 Å². The highest BCUT2D eigenvalue weighted by atomic mass is 16.4. The van der Waals surface area contributed by atoms with Crippen molar-refractivity contribution in [3.05, 3.63) is 36.0 Å². The molecule has 1 heterocycles. The van der Waals surface area contributed by atoms with Gasteiger partial charge >= 0.3 is 11.9 Å². The SMILES string of the molecule is C[C@@H](O)[C@H](NC(=O)[C@@H](N)Cc1c[nH]c2ccccc12)C(=O)N[C@@H](CCC(=O)O)C(=O)O. The van der Waals surface area contributed by atoms with Crippen molar-refractivity contribution in [2.45, 2.75) is 50.4 Å². The van der Waals surface area contributed by atoms with Gasteiger partial charge in [-0.1, -0.05) is 18.2 Å². The van der Waals surface area contributed by atoms with E-state index in [9.17, 15) is 29.4 Å². The first-order valence-corrected chi connectivity index (χ1v) is 9.64. The molecule has 31 heavy (non-hydrogen) atoms. The normalized spacial score (nSPS) is 14.9. The number of H-pyrrole nitrogens is 1. The first-order chi connectivity index (χ1) is 14.6. The maximum absolute atomic E-state index is 12.5. The number of nitrogens with one attached hydrogen (secondary N) is 3. The van der Waals surface area contributed by atoms with Gasteiger partial charge in [-0.05, 0) is 31.4 Å². The molecule has 2 aromatic rings. The molecule has 1 aromatic carbocycles. The number of hydrogen-bond donors (Lipinski definition) is 7. The standard InChI is InChI=1S/C20H26N4O7/c1-10(25)17(19(29)23-15(20(30)31)6-7-16(26)27)24-18(28)13(21)8-11-9-22-14-5-3-2-4-12(11)14/h2-5,9-10,13,15,17,22,25H,6-8,21H2,1H3,(H,23,29)(H,24,28)(H,26,27)(H,30,31)/t10-,13+,15+,17+/m1/s1. The predicted molar refractivity (Wildman–Crippen MR) is 110 cm³/mol. The van der Waals surface area contributed by atoms with E-state index < -0.39 is 54.4 Å². The van der Waals surface area contributed by atoms with Crippen molar-refractivity contribution in [2.24, 2.45) is 5.73 Å². The van der Waals surface area contributed by atoms with Gasteiger partial charge in [0.1, 0.15) is 12.1 Å². The summed E-state index contributed by atoms with van der Waals surface area (Å²) in [5.41, 5.74) is 7.66. The van der Waals surface area contributed by atoms with Crippen molar-refractivity contribution in [1.82, 2.24) is 15.6 Å². The van der Waals surface area contributed by atoms with Gasteiger partial charge in [-0.25, -0.2) is 4.79 Å². The maximum atomic E-state index is 12.5. The van der Waals surface area contributed by atoms with E-state index in [0.717, 1.165) is 16.5 Å². The van der Waals surface area contributed by atoms with Crippen LogP contribution in [0, 0.1) is 0 Å². The summed E-state index contributed by atoms with van der Waals surface area (Å²) >= 11 is 0. The van der Waals surface area contributed by atoms with Gasteiger partial charge in [0.2, 0.25) is 11.8 Å². The zero-order chi connectivity index (χ0) is 23.1. The molecule has 0 spiro atoms. The van der Waals surface area contributed by atoms with Crippen LogP contribution in [0.25, 0.3) is 10.9 Å². The second-order valence-corrected chi connectivity index (χ2v) is 7.23. The highest BCUT2D eigenvalue weighted by Crippen LogP contribution is 2.18. The Morgan fingerprint density at radius 2 is 1.77 bits per heavy atom. The van der Waals surface area contributed by atoms with Gasteiger partial charge in [0.05, 0.1) is 12.1 Å². The average Bonchev–Trinajstić information content (AvgIpc) is 3.11. The highest BCUT2D eigenvalue weighted by Gasteiger charge is 2.31. The van der Waals surface area contributed by atoms with Crippen molar-refractivity contribution in [1.29, 1.82) is 0 Å². The van der Waals surface area contributed by atoms with Crippen molar-refractivity contribution in [3.8, 4) is 0 Å². The summed E-state index contributed by atoms with van der Waals surface area (Å²) in [6.45, 7) is 1.25. The molecule has 11 nitrogen and oxygen atoms in total. The molecule has 2 amide bonds. The second kappa shape index (κ2) is 10.5. The summed E-state index contributed by atoms with van der Waals surface area (Å²) in [5, 5.41) is 33.2. The third kappa shape index (κ3) is 6.52.